The molecule has 4 nitrogen and oxygen atoms in total. The van der Waals surface area contributed by atoms with E-state index < -0.39 is 11.6 Å². The average molecular weight is 359 g/mol. The number of carbonyl (C=O) groups is 1. The van der Waals surface area contributed by atoms with Crippen LogP contribution in [0.25, 0.3) is 0 Å². The van der Waals surface area contributed by atoms with Gasteiger partial charge < -0.3 is 10.2 Å². The van der Waals surface area contributed by atoms with Crippen molar-refractivity contribution in [2.45, 2.75) is 13.0 Å². The number of anilines is 1. The van der Waals surface area contributed by atoms with Crippen LogP contribution in [0.3, 0.4) is 0 Å². The monoisotopic (exact) mass is 359 g/mol. The summed E-state index contributed by atoms with van der Waals surface area (Å²) in [6, 6.07) is 13.8. The topological polar surface area (TPSA) is 35.6 Å². The van der Waals surface area contributed by atoms with Gasteiger partial charge in [0.15, 0.2) is 11.6 Å². The second-order valence-corrected chi connectivity index (χ2v) is 6.53. The van der Waals surface area contributed by atoms with Crippen LogP contribution in [0.15, 0.2) is 48.5 Å². The summed E-state index contributed by atoms with van der Waals surface area (Å²) in [4.78, 5) is 16.7. The first kappa shape index (κ1) is 18.5. The summed E-state index contributed by atoms with van der Waals surface area (Å²) in [5.74, 6) is -2.07. The molecule has 26 heavy (non-hydrogen) atoms. The van der Waals surface area contributed by atoms with Crippen LogP contribution in [0, 0.1) is 11.6 Å². The molecule has 0 bridgehead atoms. The van der Waals surface area contributed by atoms with Gasteiger partial charge in [-0.2, -0.15) is 0 Å². The van der Waals surface area contributed by atoms with Crippen molar-refractivity contribution in [1.82, 2.24) is 9.80 Å². The summed E-state index contributed by atoms with van der Waals surface area (Å²) in [5, 5.41) is 2.61. The van der Waals surface area contributed by atoms with Crippen LogP contribution in [0.1, 0.15) is 12.0 Å². The summed E-state index contributed by atoms with van der Waals surface area (Å²) in [7, 11) is 0. The van der Waals surface area contributed by atoms with E-state index in [-0.39, 0.29) is 11.6 Å². The molecule has 2 aromatic rings. The van der Waals surface area contributed by atoms with Crippen LogP contribution in [-0.4, -0.2) is 48.4 Å². The molecule has 0 saturated carbocycles. The van der Waals surface area contributed by atoms with Gasteiger partial charge in [0.2, 0.25) is 5.91 Å². The number of halogens is 2. The normalized spacial score (nSPS) is 15.8. The molecule has 0 radical (unpaired) electrons. The van der Waals surface area contributed by atoms with E-state index in [1.54, 1.807) is 0 Å². The Morgan fingerprint density at radius 3 is 2.31 bits per heavy atom. The molecule has 1 aliphatic rings. The van der Waals surface area contributed by atoms with E-state index in [4.69, 9.17) is 0 Å². The van der Waals surface area contributed by atoms with Crippen LogP contribution in [0.5, 0.6) is 0 Å². The van der Waals surface area contributed by atoms with E-state index in [1.165, 1.54) is 11.6 Å². The number of rotatable bonds is 6. The number of piperazine rings is 1. The lowest BCUT2D eigenvalue weighted by atomic mass is 10.2. The van der Waals surface area contributed by atoms with E-state index in [9.17, 15) is 13.6 Å². The lowest BCUT2D eigenvalue weighted by Crippen LogP contribution is -2.46. The molecule has 1 heterocycles. The van der Waals surface area contributed by atoms with Crippen molar-refractivity contribution in [2.24, 2.45) is 0 Å². The Kier molecular flexibility index (Phi) is 6.30. The first-order chi connectivity index (χ1) is 12.6. The van der Waals surface area contributed by atoms with E-state index in [0.717, 1.165) is 44.9 Å². The van der Waals surface area contributed by atoms with Gasteiger partial charge >= 0.3 is 0 Å². The third-order valence-corrected chi connectivity index (χ3v) is 4.57. The molecule has 1 aliphatic heterocycles. The molecular weight excluding hydrogens is 336 g/mol. The predicted octanol–water partition coefficient (Wildman–Crippen LogP) is 3.11. The highest BCUT2D eigenvalue weighted by atomic mass is 19.2. The summed E-state index contributed by atoms with van der Waals surface area (Å²) in [6.45, 7) is 5.40. The maximum absolute atomic E-state index is 13.2. The van der Waals surface area contributed by atoms with E-state index >= 15 is 0 Å². The minimum absolute atomic E-state index is 0.192. The fourth-order valence-electron chi connectivity index (χ4n) is 3.07. The van der Waals surface area contributed by atoms with Crippen molar-refractivity contribution in [3.05, 3.63) is 65.7 Å². The first-order valence-corrected chi connectivity index (χ1v) is 8.84. The van der Waals surface area contributed by atoms with Gasteiger partial charge in [-0.05, 0) is 17.7 Å². The molecule has 1 amide bonds. The van der Waals surface area contributed by atoms with Crippen LogP contribution in [0.4, 0.5) is 14.5 Å². The van der Waals surface area contributed by atoms with Crippen molar-refractivity contribution >= 4 is 11.6 Å². The molecular formula is C20H23F2N3O. The average Bonchev–Trinajstić information content (AvgIpc) is 2.65. The molecule has 1 fully saturated rings. The summed E-state index contributed by atoms with van der Waals surface area (Å²) in [5.41, 5.74) is 1.59. The summed E-state index contributed by atoms with van der Waals surface area (Å²) < 4.78 is 26.1. The van der Waals surface area contributed by atoms with Crippen molar-refractivity contribution in [2.75, 3.05) is 38.0 Å². The van der Waals surface area contributed by atoms with Gasteiger partial charge in [-0.15, -0.1) is 0 Å². The zero-order valence-corrected chi connectivity index (χ0v) is 14.6. The molecule has 2 aromatic carbocycles. The first-order valence-electron chi connectivity index (χ1n) is 8.84. The number of carbonyl (C=O) groups excluding carboxylic acids is 1. The van der Waals surface area contributed by atoms with Crippen molar-refractivity contribution in [3.63, 3.8) is 0 Å². The number of benzene rings is 2. The number of nitrogens with one attached hydrogen (secondary N) is 1. The third kappa shape index (κ3) is 5.34. The molecule has 1 N–H and O–H groups in total. The van der Waals surface area contributed by atoms with Gasteiger partial charge in [0.05, 0.1) is 0 Å². The van der Waals surface area contributed by atoms with Crippen LogP contribution >= 0.6 is 0 Å². The molecule has 138 valence electrons. The standard InChI is InChI=1S/C20H23F2N3O/c21-18-7-6-17(14-19(18)22)23-20(26)8-9-24-10-12-25(13-11-24)15-16-4-2-1-3-5-16/h1-7,14H,8-13,15H2,(H,23,26). The Morgan fingerprint density at radius 1 is 0.923 bits per heavy atom. The Labute approximate surface area is 152 Å². The van der Waals surface area contributed by atoms with Crippen LogP contribution in [0.2, 0.25) is 0 Å². The maximum Gasteiger partial charge on any atom is 0.225 e. The zero-order valence-electron chi connectivity index (χ0n) is 14.6. The van der Waals surface area contributed by atoms with E-state index in [0.29, 0.717) is 13.0 Å². The number of amides is 1. The number of hydrogen-bond donors (Lipinski definition) is 1. The van der Waals surface area contributed by atoms with Crippen LogP contribution < -0.4 is 5.32 Å². The highest BCUT2D eigenvalue weighted by Crippen LogP contribution is 2.14. The number of hydrogen-bond acceptors (Lipinski definition) is 3. The lowest BCUT2D eigenvalue weighted by Gasteiger charge is -2.34. The highest BCUT2D eigenvalue weighted by Gasteiger charge is 2.17. The highest BCUT2D eigenvalue weighted by molar-refractivity contribution is 5.90. The van der Waals surface area contributed by atoms with Crippen molar-refractivity contribution in [1.29, 1.82) is 0 Å². The molecule has 3 rings (SSSR count). The Hall–Kier alpha value is -2.31. The van der Waals surface area contributed by atoms with Gasteiger partial charge in [0.25, 0.3) is 0 Å². The zero-order chi connectivity index (χ0) is 18.4. The van der Waals surface area contributed by atoms with Gasteiger partial charge in [-0.3, -0.25) is 9.69 Å². The second-order valence-electron chi connectivity index (χ2n) is 6.53. The van der Waals surface area contributed by atoms with Gasteiger partial charge in [0, 0.05) is 57.4 Å². The van der Waals surface area contributed by atoms with Crippen LogP contribution in [-0.2, 0) is 11.3 Å². The summed E-state index contributed by atoms with van der Waals surface area (Å²) >= 11 is 0. The SMILES string of the molecule is O=C(CCN1CCN(Cc2ccccc2)CC1)Nc1ccc(F)c(F)c1. The van der Waals surface area contributed by atoms with Gasteiger partial charge in [0.1, 0.15) is 0 Å². The Morgan fingerprint density at radius 2 is 1.62 bits per heavy atom. The molecule has 0 spiro atoms. The molecule has 6 heteroatoms. The smallest absolute Gasteiger partial charge is 0.225 e. The third-order valence-electron chi connectivity index (χ3n) is 4.57. The quantitative estimate of drug-likeness (QED) is 0.861. The lowest BCUT2D eigenvalue weighted by molar-refractivity contribution is -0.116. The molecule has 0 atom stereocenters. The van der Waals surface area contributed by atoms with Gasteiger partial charge in [-0.1, -0.05) is 30.3 Å². The van der Waals surface area contributed by atoms with E-state index in [2.05, 4.69) is 39.4 Å². The minimum Gasteiger partial charge on any atom is -0.326 e. The second kappa shape index (κ2) is 8.87. The number of nitrogens with zero attached hydrogens (tertiary/aromatic N) is 2. The molecule has 0 unspecified atom stereocenters. The van der Waals surface area contributed by atoms with Crippen molar-refractivity contribution < 1.29 is 13.6 Å². The van der Waals surface area contributed by atoms with E-state index in [1.807, 2.05) is 6.07 Å². The largest absolute Gasteiger partial charge is 0.326 e. The molecule has 0 aliphatic carbocycles. The Bertz CT molecular complexity index is 731. The van der Waals surface area contributed by atoms with Crippen molar-refractivity contribution in [3.8, 4) is 0 Å². The van der Waals surface area contributed by atoms with Gasteiger partial charge in [-0.25, -0.2) is 8.78 Å². The fraction of sp³-hybridized carbons (Fsp3) is 0.350. The minimum atomic E-state index is -0.961. The summed E-state index contributed by atoms with van der Waals surface area (Å²) in [6.07, 6.45) is 0.331. The molecule has 1 saturated heterocycles. The Balaban J connectivity index is 1.38. The fourth-order valence-corrected chi connectivity index (χ4v) is 3.07. The maximum atomic E-state index is 13.2. The molecule has 0 aromatic heterocycles. The predicted molar refractivity (Wildman–Crippen MR) is 97.8 cm³/mol.